The average molecular weight is 446 g/mol. The molecule has 0 unspecified atom stereocenters. The Balaban J connectivity index is 1.74. The van der Waals surface area contributed by atoms with E-state index in [0.29, 0.717) is 15.6 Å². The molecule has 3 aromatic rings. The van der Waals surface area contributed by atoms with Gasteiger partial charge in [-0.15, -0.1) is 0 Å². The summed E-state index contributed by atoms with van der Waals surface area (Å²) in [7, 11) is 1.43. The van der Waals surface area contributed by atoms with Crippen molar-refractivity contribution in [1.82, 2.24) is 9.99 Å². The molecule has 154 valence electrons. The third kappa shape index (κ3) is 5.00. The molecule has 9 heteroatoms. The predicted molar refractivity (Wildman–Crippen MR) is 116 cm³/mol. The van der Waals surface area contributed by atoms with E-state index < -0.39 is 11.5 Å². The van der Waals surface area contributed by atoms with Gasteiger partial charge in [-0.1, -0.05) is 29.3 Å². The number of phenols is 1. The van der Waals surface area contributed by atoms with Crippen LogP contribution in [0.1, 0.15) is 21.5 Å². The van der Waals surface area contributed by atoms with Gasteiger partial charge in [-0.25, -0.2) is 5.43 Å². The van der Waals surface area contributed by atoms with Crippen molar-refractivity contribution in [2.45, 2.75) is 6.54 Å². The minimum absolute atomic E-state index is 0.00880. The molecule has 2 aromatic carbocycles. The summed E-state index contributed by atoms with van der Waals surface area (Å²) in [6.45, 7) is 0.230. The van der Waals surface area contributed by atoms with E-state index in [9.17, 15) is 14.7 Å². The van der Waals surface area contributed by atoms with Crippen LogP contribution < -0.4 is 15.7 Å². The first-order chi connectivity index (χ1) is 14.4. The number of aromatic hydroxyl groups is 1. The molecule has 0 aliphatic carbocycles. The van der Waals surface area contributed by atoms with Crippen molar-refractivity contribution in [3.8, 4) is 11.5 Å². The Morgan fingerprint density at radius 2 is 2.00 bits per heavy atom. The van der Waals surface area contributed by atoms with Crippen molar-refractivity contribution in [2.24, 2.45) is 5.10 Å². The molecule has 30 heavy (non-hydrogen) atoms. The number of methoxy groups -OCH3 is 1. The third-order valence-corrected chi connectivity index (χ3v) is 4.92. The van der Waals surface area contributed by atoms with E-state index >= 15 is 0 Å². The Morgan fingerprint density at radius 3 is 2.73 bits per heavy atom. The second-order valence-electron chi connectivity index (χ2n) is 6.23. The lowest BCUT2D eigenvalue weighted by Gasteiger charge is -2.08. The van der Waals surface area contributed by atoms with Gasteiger partial charge < -0.3 is 14.4 Å². The molecule has 1 amide bonds. The molecular formula is C21H17Cl2N3O4. The average Bonchev–Trinajstić information content (AvgIpc) is 2.73. The van der Waals surface area contributed by atoms with E-state index in [4.69, 9.17) is 27.9 Å². The summed E-state index contributed by atoms with van der Waals surface area (Å²) >= 11 is 11.9. The molecular weight excluding hydrogens is 429 g/mol. The van der Waals surface area contributed by atoms with Gasteiger partial charge in [0, 0.05) is 6.20 Å². The van der Waals surface area contributed by atoms with Crippen molar-refractivity contribution in [3.05, 3.63) is 91.8 Å². The first kappa shape index (κ1) is 21.4. The number of pyridine rings is 1. The number of nitrogens with zero attached hydrogens (tertiary/aromatic N) is 2. The zero-order valence-corrected chi connectivity index (χ0v) is 17.3. The molecule has 0 spiro atoms. The van der Waals surface area contributed by atoms with Crippen molar-refractivity contribution in [2.75, 3.05) is 7.11 Å². The maximum absolute atomic E-state index is 12.7. The number of hydrogen-bond acceptors (Lipinski definition) is 5. The van der Waals surface area contributed by atoms with E-state index in [0.717, 1.165) is 5.56 Å². The van der Waals surface area contributed by atoms with E-state index in [2.05, 4.69) is 10.5 Å². The van der Waals surface area contributed by atoms with Crippen LogP contribution in [0.25, 0.3) is 0 Å². The van der Waals surface area contributed by atoms with Crippen molar-refractivity contribution in [1.29, 1.82) is 0 Å². The maximum Gasteiger partial charge on any atom is 0.276 e. The van der Waals surface area contributed by atoms with Gasteiger partial charge in [0.25, 0.3) is 11.5 Å². The first-order valence-corrected chi connectivity index (χ1v) is 9.48. The van der Waals surface area contributed by atoms with Gasteiger partial charge in [0.05, 0.1) is 29.9 Å². The summed E-state index contributed by atoms with van der Waals surface area (Å²) in [5.41, 5.74) is 3.16. The Morgan fingerprint density at radius 1 is 1.20 bits per heavy atom. The number of phenolic OH excluding ortho intramolecular Hbond substituents is 1. The second kappa shape index (κ2) is 9.47. The molecule has 3 rings (SSSR count). The summed E-state index contributed by atoms with van der Waals surface area (Å²) in [4.78, 5) is 25.1. The number of benzene rings is 2. The number of hydrogen-bond donors (Lipinski definition) is 2. The molecule has 2 N–H and O–H groups in total. The van der Waals surface area contributed by atoms with Crippen molar-refractivity contribution < 1.29 is 14.6 Å². The molecule has 1 heterocycles. The topological polar surface area (TPSA) is 92.9 Å². The Hall–Kier alpha value is -3.29. The Labute approximate surface area is 182 Å². The minimum atomic E-state index is -0.648. The van der Waals surface area contributed by atoms with Crippen LogP contribution in [0.15, 0.2) is 64.6 Å². The highest BCUT2D eigenvalue weighted by Gasteiger charge is 2.12. The monoisotopic (exact) mass is 445 g/mol. The van der Waals surface area contributed by atoms with Crippen LogP contribution in [0.4, 0.5) is 0 Å². The summed E-state index contributed by atoms with van der Waals surface area (Å²) in [6, 6.07) is 12.7. The van der Waals surface area contributed by atoms with Crippen molar-refractivity contribution in [3.63, 3.8) is 0 Å². The lowest BCUT2D eigenvalue weighted by atomic mass is 10.2. The zero-order chi connectivity index (χ0) is 21.7. The summed E-state index contributed by atoms with van der Waals surface area (Å²) in [5.74, 6) is -0.380. The van der Waals surface area contributed by atoms with Crippen LogP contribution in [-0.4, -0.2) is 28.9 Å². The number of carbonyl (C=O) groups is 1. The fraction of sp³-hybridized carbons (Fsp3) is 0.0952. The number of ether oxygens (including phenoxy) is 1. The smallest absolute Gasteiger partial charge is 0.276 e. The summed E-state index contributed by atoms with van der Waals surface area (Å²) in [5, 5.41) is 14.3. The van der Waals surface area contributed by atoms with Gasteiger partial charge in [-0.2, -0.15) is 5.10 Å². The zero-order valence-electron chi connectivity index (χ0n) is 15.8. The fourth-order valence-corrected chi connectivity index (χ4v) is 2.99. The summed E-state index contributed by atoms with van der Waals surface area (Å²) in [6.07, 6.45) is 2.95. The molecule has 0 saturated carbocycles. The number of halogens is 2. The highest BCUT2D eigenvalue weighted by molar-refractivity contribution is 6.42. The second-order valence-corrected chi connectivity index (χ2v) is 7.05. The predicted octanol–water partition coefficient (Wildman–Crippen LogP) is 3.68. The molecule has 0 bridgehead atoms. The molecule has 0 atom stereocenters. The van der Waals surface area contributed by atoms with Crippen molar-refractivity contribution >= 4 is 35.3 Å². The van der Waals surface area contributed by atoms with Crippen LogP contribution in [0.5, 0.6) is 11.5 Å². The number of carbonyl (C=O) groups excluding carboxylic acids is 1. The van der Waals surface area contributed by atoms with Gasteiger partial charge >= 0.3 is 0 Å². The largest absolute Gasteiger partial charge is 0.504 e. The normalized spacial score (nSPS) is 10.9. The molecule has 1 aromatic heterocycles. The van der Waals surface area contributed by atoms with Crippen LogP contribution >= 0.6 is 23.2 Å². The molecule has 0 fully saturated rings. The number of hydrazone groups is 1. The minimum Gasteiger partial charge on any atom is -0.504 e. The molecule has 0 aliphatic rings. The number of aromatic nitrogens is 1. The Bertz CT molecular complexity index is 1180. The van der Waals surface area contributed by atoms with Crippen LogP contribution in [-0.2, 0) is 6.54 Å². The molecule has 0 radical (unpaired) electrons. The van der Waals surface area contributed by atoms with E-state index in [1.165, 1.54) is 30.0 Å². The van der Waals surface area contributed by atoms with Gasteiger partial charge in [0.15, 0.2) is 11.5 Å². The Kier molecular flexibility index (Phi) is 6.76. The molecule has 7 nitrogen and oxygen atoms in total. The van der Waals surface area contributed by atoms with Gasteiger partial charge in [-0.3, -0.25) is 9.59 Å². The van der Waals surface area contributed by atoms with Crippen LogP contribution in [0.2, 0.25) is 10.0 Å². The van der Waals surface area contributed by atoms with Crippen LogP contribution in [0, 0.1) is 0 Å². The molecule has 0 aliphatic heterocycles. The van der Waals surface area contributed by atoms with E-state index in [-0.39, 0.29) is 23.6 Å². The quantitative estimate of drug-likeness (QED) is 0.446. The van der Waals surface area contributed by atoms with Crippen LogP contribution in [0.3, 0.4) is 0 Å². The highest BCUT2D eigenvalue weighted by atomic mass is 35.5. The lowest BCUT2D eigenvalue weighted by molar-refractivity contribution is 0.0953. The lowest BCUT2D eigenvalue weighted by Crippen LogP contribution is -2.30. The standard InChI is InChI=1S/C21H17Cl2N3O4/c1-30-19-10-13(5-7-18(19)27)11-24-25-20(28)15-3-2-8-26(21(15)29)12-14-4-6-16(22)17(23)9-14/h2-11,27H,12H2,1H3,(H,25,28)/b24-11-. The van der Waals surface area contributed by atoms with Gasteiger partial charge in [-0.05, 0) is 53.6 Å². The summed E-state index contributed by atoms with van der Waals surface area (Å²) < 4.78 is 6.41. The highest BCUT2D eigenvalue weighted by Crippen LogP contribution is 2.25. The van der Waals surface area contributed by atoms with E-state index in [1.54, 1.807) is 42.6 Å². The first-order valence-electron chi connectivity index (χ1n) is 8.73. The fourth-order valence-electron chi connectivity index (χ4n) is 2.67. The number of rotatable bonds is 6. The van der Waals surface area contributed by atoms with Gasteiger partial charge in [0.2, 0.25) is 0 Å². The third-order valence-electron chi connectivity index (χ3n) is 4.19. The van der Waals surface area contributed by atoms with Gasteiger partial charge in [0.1, 0.15) is 5.56 Å². The molecule has 0 saturated heterocycles. The number of amides is 1. The van der Waals surface area contributed by atoms with E-state index in [1.807, 2.05) is 0 Å². The maximum atomic E-state index is 12.7. The number of nitrogens with one attached hydrogen (secondary N) is 1. The SMILES string of the molecule is COc1cc(/C=N\NC(=O)c2cccn(Cc3ccc(Cl)c(Cl)c3)c2=O)ccc1O.